The second kappa shape index (κ2) is 3.84. The van der Waals surface area contributed by atoms with Gasteiger partial charge in [0.1, 0.15) is 0 Å². The zero-order valence-electron chi connectivity index (χ0n) is 7.39. The molecule has 0 aliphatic carbocycles. The van der Waals surface area contributed by atoms with Gasteiger partial charge in [-0.1, -0.05) is 0 Å². The van der Waals surface area contributed by atoms with E-state index in [1.807, 2.05) is 0 Å². The Hall–Kier alpha value is -1.65. The van der Waals surface area contributed by atoms with E-state index in [9.17, 15) is 9.18 Å². The van der Waals surface area contributed by atoms with Crippen molar-refractivity contribution in [1.82, 2.24) is 10.2 Å². The van der Waals surface area contributed by atoms with E-state index in [0.29, 0.717) is 11.3 Å². The molecule has 0 saturated carbocycles. The van der Waals surface area contributed by atoms with Gasteiger partial charge in [-0.05, 0) is 19.4 Å². The molecule has 0 saturated heterocycles. The highest BCUT2D eigenvalue weighted by molar-refractivity contribution is 6.02. The van der Waals surface area contributed by atoms with E-state index in [4.69, 9.17) is 0 Å². The lowest BCUT2D eigenvalue weighted by Gasteiger charge is -2.00. The molecular formula is C8H10FN3O. The molecule has 0 radical (unpaired) electrons. The van der Waals surface area contributed by atoms with Crippen molar-refractivity contribution >= 4 is 11.6 Å². The largest absolute Gasteiger partial charge is 0.317 e. The van der Waals surface area contributed by atoms with Crippen molar-refractivity contribution in [2.75, 3.05) is 5.32 Å². The van der Waals surface area contributed by atoms with Crippen molar-refractivity contribution in [1.29, 1.82) is 0 Å². The van der Waals surface area contributed by atoms with Gasteiger partial charge >= 0.3 is 0 Å². The molecule has 0 aromatic carbocycles. The van der Waals surface area contributed by atoms with Crippen molar-refractivity contribution in [3.8, 4) is 0 Å². The maximum atomic E-state index is 12.9. The predicted octanol–water partition coefficient (Wildman–Crippen LogP) is 1.61. The first kappa shape index (κ1) is 9.44. The Kier molecular flexibility index (Phi) is 2.79. The Morgan fingerprint density at radius 3 is 2.77 bits per heavy atom. The van der Waals surface area contributed by atoms with Crippen LogP contribution in [0.25, 0.3) is 0 Å². The number of carbonyl (C=O) groups is 1. The number of aromatic nitrogens is 2. The highest BCUT2D eigenvalue weighted by Crippen LogP contribution is 2.09. The summed E-state index contributed by atoms with van der Waals surface area (Å²) >= 11 is 0. The lowest BCUT2D eigenvalue weighted by atomic mass is 10.3. The topological polar surface area (TPSA) is 57.8 Å². The normalized spacial score (nSPS) is 9.46. The standard InChI is InChI=1S/C8H10FN3O/c1-5(2)7(9)8(13)12-6-3-10-11-4-6/h3-4H,1-2H3,(H,10,11)(H,12,13). The summed E-state index contributed by atoms with van der Waals surface area (Å²) in [4.78, 5) is 11.1. The predicted molar refractivity (Wildman–Crippen MR) is 46.7 cm³/mol. The number of anilines is 1. The molecule has 0 fully saturated rings. The summed E-state index contributed by atoms with van der Waals surface area (Å²) in [7, 11) is 0. The number of H-pyrrole nitrogens is 1. The first-order valence-electron chi connectivity index (χ1n) is 3.74. The molecule has 0 unspecified atom stereocenters. The zero-order chi connectivity index (χ0) is 9.84. The third kappa shape index (κ3) is 2.40. The molecule has 1 aromatic heterocycles. The molecule has 0 aliphatic rings. The van der Waals surface area contributed by atoms with Gasteiger partial charge in [0.05, 0.1) is 11.9 Å². The van der Waals surface area contributed by atoms with E-state index < -0.39 is 11.7 Å². The van der Waals surface area contributed by atoms with Gasteiger partial charge in [-0.3, -0.25) is 9.89 Å². The average Bonchev–Trinajstić information content (AvgIpc) is 2.55. The van der Waals surface area contributed by atoms with Crippen LogP contribution in [0, 0.1) is 0 Å². The SMILES string of the molecule is CC(C)=C(F)C(=O)Nc1cn[nH]c1. The number of nitrogens with one attached hydrogen (secondary N) is 2. The molecule has 0 bridgehead atoms. The summed E-state index contributed by atoms with van der Waals surface area (Å²) in [6, 6.07) is 0. The summed E-state index contributed by atoms with van der Waals surface area (Å²) in [5, 5.41) is 8.44. The first-order chi connectivity index (χ1) is 6.11. The van der Waals surface area contributed by atoms with Gasteiger partial charge in [0.2, 0.25) is 0 Å². The van der Waals surface area contributed by atoms with Crippen molar-refractivity contribution in [3.05, 3.63) is 23.8 Å². The number of amides is 1. The van der Waals surface area contributed by atoms with Crippen LogP contribution in [0.5, 0.6) is 0 Å². The number of nitrogens with zero attached hydrogens (tertiary/aromatic N) is 1. The minimum atomic E-state index is -0.763. The van der Waals surface area contributed by atoms with E-state index in [1.165, 1.54) is 26.2 Å². The van der Waals surface area contributed by atoms with E-state index in [0.717, 1.165) is 0 Å². The number of halogens is 1. The zero-order valence-corrected chi connectivity index (χ0v) is 7.39. The van der Waals surface area contributed by atoms with Crippen LogP contribution in [0.4, 0.5) is 10.1 Å². The van der Waals surface area contributed by atoms with Gasteiger partial charge in [0, 0.05) is 6.20 Å². The molecule has 4 nitrogen and oxygen atoms in total. The first-order valence-corrected chi connectivity index (χ1v) is 3.74. The third-order valence-corrected chi connectivity index (χ3v) is 1.39. The highest BCUT2D eigenvalue weighted by Gasteiger charge is 2.10. The smallest absolute Gasteiger partial charge is 0.284 e. The molecule has 13 heavy (non-hydrogen) atoms. The van der Waals surface area contributed by atoms with Gasteiger partial charge in [-0.15, -0.1) is 0 Å². The van der Waals surface area contributed by atoms with Crippen LogP contribution in [-0.4, -0.2) is 16.1 Å². The fraction of sp³-hybridized carbons (Fsp3) is 0.250. The minimum Gasteiger partial charge on any atom is -0.317 e. The number of carbonyl (C=O) groups excluding carboxylic acids is 1. The Bertz CT molecular complexity index is 325. The quantitative estimate of drug-likeness (QED) is 0.684. The molecule has 5 heteroatoms. The molecule has 1 amide bonds. The molecule has 0 atom stereocenters. The summed E-state index contributed by atoms with van der Waals surface area (Å²) in [6.45, 7) is 3.06. The Labute approximate surface area is 74.8 Å². The number of aromatic amines is 1. The minimum absolute atomic E-state index is 0.348. The number of hydrogen-bond acceptors (Lipinski definition) is 2. The fourth-order valence-electron chi connectivity index (χ4n) is 0.732. The Balaban J connectivity index is 2.67. The highest BCUT2D eigenvalue weighted by atomic mass is 19.1. The van der Waals surface area contributed by atoms with Gasteiger partial charge in [0.25, 0.3) is 5.91 Å². The van der Waals surface area contributed by atoms with E-state index >= 15 is 0 Å². The Morgan fingerprint density at radius 1 is 1.62 bits per heavy atom. The van der Waals surface area contributed by atoms with Crippen LogP contribution in [-0.2, 0) is 4.79 Å². The molecule has 1 aromatic rings. The van der Waals surface area contributed by atoms with Crippen molar-refractivity contribution < 1.29 is 9.18 Å². The summed E-state index contributed by atoms with van der Waals surface area (Å²) < 4.78 is 12.9. The van der Waals surface area contributed by atoms with Crippen LogP contribution in [0.1, 0.15) is 13.8 Å². The molecule has 70 valence electrons. The monoisotopic (exact) mass is 183 g/mol. The van der Waals surface area contributed by atoms with Crippen molar-refractivity contribution in [3.63, 3.8) is 0 Å². The lowest BCUT2D eigenvalue weighted by molar-refractivity contribution is -0.114. The van der Waals surface area contributed by atoms with Gasteiger partial charge in [0.15, 0.2) is 5.83 Å². The van der Waals surface area contributed by atoms with Crippen LogP contribution >= 0.6 is 0 Å². The van der Waals surface area contributed by atoms with Crippen LogP contribution in [0.2, 0.25) is 0 Å². The summed E-state index contributed by atoms with van der Waals surface area (Å²) in [5.41, 5.74) is 0.794. The number of rotatable bonds is 2. The van der Waals surface area contributed by atoms with Gasteiger partial charge in [-0.2, -0.15) is 5.10 Å². The number of hydrogen-bond donors (Lipinski definition) is 2. The maximum absolute atomic E-state index is 12.9. The second-order valence-corrected chi connectivity index (χ2v) is 2.76. The lowest BCUT2D eigenvalue weighted by Crippen LogP contribution is -2.12. The van der Waals surface area contributed by atoms with E-state index in [-0.39, 0.29) is 0 Å². The number of allylic oxidation sites excluding steroid dienone is 1. The van der Waals surface area contributed by atoms with E-state index in [2.05, 4.69) is 15.5 Å². The van der Waals surface area contributed by atoms with Crippen LogP contribution in [0.15, 0.2) is 23.8 Å². The maximum Gasteiger partial charge on any atom is 0.284 e. The van der Waals surface area contributed by atoms with Crippen molar-refractivity contribution in [2.24, 2.45) is 0 Å². The molecule has 0 aliphatic heterocycles. The second-order valence-electron chi connectivity index (χ2n) is 2.76. The fourth-order valence-corrected chi connectivity index (χ4v) is 0.732. The van der Waals surface area contributed by atoms with Crippen molar-refractivity contribution in [2.45, 2.75) is 13.8 Å². The van der Waals surface area contributed by atoms with Crippen LogP contribution < -0.4 is 5.32 Å². The molecule has 0 spiro atoms. The summed E-state index contributed by atoms with van der Waals surface area (Å²) in [5.74, 6) is -1.51. The summed E-state index contributed by atoms with van der Waals surface area (Å²) in [6.07, 6.45) is 2.87. The molecule has 1 rings (SSSR count). The van der Waals surface area contributed by atoms with Gasteiger partial charge in [-0.25, -0.2) is 4.39 Å². The van der Waals surface area contributed by atoms with Gasteiger partial charge < -0.3 is 5.32 Å². The molecular weight excluding hydrogens is 173 g/mol. The molecule has 1 heterocycles. The average molecular weight is 183 g/mol. The van der Waals surface area contributed by atoms with E-state index in [1.54, 1.807) is 0 Å². The van der Waals surface area contributed by atoms with Crippen LogP contribution in [0.3, 0.4) is 0 Å². The third-order valence-electron chi connectivity index (χ3n) is 1.39. The molecule has 2 N–H and O–H groups in total. The Morgan fingerprint density at radius 2 is 2.31 bits per heavy atom.